The van der Waals surface area contributed by atoms with E-state index < -0.39 is 0 Å². The molecular weight excluding hydrogens is 539 g/mol. The zero-order valence-corrected chi connectivity index (χ0v) is 23.0. The number of benzene rings is 2. The summed E-state index contributed by atoms with van der Waals surface area (Å²) in [6.45, 7) is 4.42. The van der Waals surface area contributed by atoms with Crippen LogP contribution in [-0.2, 0) is 5.75 Å². The zero-order valence-electron chi connectivity index (χ0n) is 19.1. The van der Waals surface area contributed by atoms with E-state index in [1.54, 1.807) is 11.8 Å². The third-order valence-corrected chi connectivity index (χ3v) is 7.68. The van der Waals surface area contributed by atoms with Gasteiger partial charge in [0.05, 0.1) is 15.8 Å². The lowest BCUT2D eigenvalue weighted by atomic mass is 9.86. The first-order chi connectivity index (χ1) is 16.0. The van der Waals surface area contributed by atoms with Gasteiger partial charge in [0.25, 0.3) is 0 Å². The maximum absolute atomic E-state index is 6.60. The molecule has 1 fully saturated rings. The number of nitrogens with zero attached hydrogens (tertiary/aromatic N) is 3. The van der Waals surface area contributed by atoms with Gasteiger partial charge in [-0.1, -0.05) is 59.9 Å². The van der Waals surface area contributed by atoms with E-state index in [2.05, 4.69) is 75.3 Å². The van der Waals surface area contributed by atoms with Gasteiger partial charge < -0.3 is 5.84 Å². The predicted molar refractivity (Wildman–Crippen MR) is 148 cm³/mol. The number of nitrogens with two attached hydrogens (primary N) is 1. The Labute approximate surface area is 219 Å². The Bertz CT molecular complexity index is 1090. The van der Waals surface area contributed by atoms with Gasteiger partial charge in [-0.25, -0.2) is 4.98 Å². The monoisotopic (exact) mass is 566 g/mol. The minimum absolute atomic E-state index is 0.282. The van der Waals surface area contributed by atoms with Gasteiger partial charge in [0, 0.05) is 39.5 Å². The number of thioether (sulfide) groups is 1. The minimum atomic E-state index is 0.282. The summed E-state index contributed by atoms with van der Waals surface area (Å²) in [6.07, 6.45) is 5.09. The van der Waals surface area contributed by atoms with Crippen LogP contribution in [0.25, 0.3) is 17.1 Å². The van der Waals surface area contributed by atoms with Crippen molar-refractivity contribution in [3.05, 3.63) is 69.4 Å². The van der Waals surface area contributed by atoms with Gasteiger partial charge >= 0.3 is 0 Å². The number of aromatic nitrogens is 2. The first kappa shape index (κ1) is 26.1. The third-order valence-electron chi connectivity index (χ3n) is 5.67. The first-order valence-electron chi connectivity index (χ1n) is 10.9. The van der Waals surface area contributed by atoms with E-state index in [0.717, 1.165) is 38.0 Å². The van der Waals surface area contributed by atoms with Crippen molar-refractivity contribution in [2.75, 3.05) is 6.38 Å². The summed E-state index contributed by atoms with van der Waals surface area (Å²) in [5.74, 6) is 8.11. The van der Waals surface area contributed by atoms with E-state index in [9.17, 15) is 0 Å². The molecule has 0 radical (unpaired) electrons. The Morgan fingerprint density at radius 2 is 1.85 bits per heavy atom. The smallest absolute Gasteiger partial charge is 0.146 e. The number of imidazole rings is 1. The van der Waals surface area contributed by atoms with E-state index in [0.29, 0.717) is 10.9 Å². The van der Waals surface area contributed by atoms with E-state index in [1.165, 1.54) is 31.3 Å². The molecule has 2 aromatic carbocycles. The molecule has 0 amide bonds. The fourth-order valence-electron chi connectivity index (χ4n) is 3.91. The number of alkyl halides is 1. The van der Waals surface area contributed by atoms with Crippen LogP contribution in [-0.4, -0.2) is 21.0 Å². The molecule has 0 aliphatic heterocycles. The summed E-state index contributed by atoms with van der Waals surface area (Å²) < 4.78 is 3.29. The quantitative estimate of drug-likeness (QED) is 0.107. The Kier molecular flexibility index (Phi) is 9.74. The molecule has 2 N–H and O–H groups in total. The van der Waals surface area contributed by atoms with Crippen LogP contribution in [0.15, 0.2) is 58.1 Å². The largest absolute Gasteiger partial charge is 0.323 e. The summed E-state index contributed by atoms with van der Waals surface area (Å²) in [5, 5.41) is 5.82. The summed E-state index contributed by atoms with van der Waals surface area (Å²) in [7, 11) is 0. The Balaban J connectivity index is 0.00000149. The first-order valence-corrected chi connectivity index (χ1v) is 13.8. The second kappa shape index (κ2) is 12.3. The van der Waals surface area contributed by atoms with E-state index in [-0.39, 0.29) is 5.92 Å². The van der Waals surface area contributed by atoms with Gasteiger partial charge in [0.15, 0.2) is 0 Å². The van der Waals surface area contributed by atoms with Crippen molar-refractivity contribution in [2.45, 2.75) is 44.8 Å². The predicted octanol–water partition coefficient (Wildman–Crippen LogP) is 8.24. The SMILES string of the molecule is CC(C)c1c(CS/C(=N\N)C2CCC2)nc(-c2ccccc2Cl)n1-c1ccc(Br)cc1.CCl. The highest BCUT2D eigenvalue weighted by molar-refractivity contribution is 9.10. The Morgan fingerprint density at radius 3 is 2.39 bits per heavy atom. The summed E-state index contributed by atoms with van der Waals surface area (Å²) >= 11 is 16.5. The number of hydrogen-bond donors (Lipinski definition) is 1. The number of halogens is 3. The van der Waals surface area contributed by atoms with Gasteiger partial charge in [0.2, 0.25) is 0 Å². The molecule has 176 valence electrons. The lowest BCUT2D eigenvalue weighted by Gasteiger charge is -2.25. The van der Waals surface area contributed by atoms with Crippen LogP contribution < -0.4 is 5.84 Å². The van der Waals surface area contributed by atoms with E-state index in [4.69, 9.17) is 22.4 Å². The highest BCUT2D eigenvalue weighted by Crippen LogP contribution is 2.38. The lowest BCUT2D eigenvalue weighted by molar-refractivity contribution is 0.417. The number of rotatable bonds is 6. The molecule has 1 aliphatic rings. The van der Waals surface area contributed by atoms with Gasteiger partial charge in [-0.3, -0.25) is 4.57 Å². The standard InChI is InChI=1S/C24H26BrClN4S.CH3Cl/c1-15(2)22-21(14-31-24(29-27)16-6-5-7-16)28-23(19-8-3-4-9-20(19)26)30(22)18-12-10-17(25)11-13-18;1-2/h3-4,8-13,15-16H,5-7,14,27H2,1-2H3;1H3/b29-24-;. The molecule has 3 aromatic rings. The lowest BCUT2D eigenvalue weighted by Crippen LogP contribution is -2.21. The van der Waals surface area contributed by atoms with Crippen LogP contribution in [0.4, 0.5) is 0 Å². The van der Waals surface area contributed by atoms with Crippen molar-refractivity contribution < 1.29 is 0 Å². The van der Waals surface area contributed by atoms with Gasteiger partial charge in [0.1, 0.15) is 5.82 Å². The molecule has 1 aromatic heterocycles. The van der Waals surface area contributed by atoms with Crippen LogP contribution in [0.2, 0.25) is 5.02 Å². The molecule has 0 bridgehead atoms. The molecular formula is C25H29BrCl2N4S. The Morgan fingerprint density at radius 1 is 1.18 bits per heavy atom. The molecule has 4 rings (SSSR count). The number of hydrazone groups is 1. The second-order valence-corrected chi connectivity index (χ2v) is 10.4. The van der Waals surface area contributed by atoms with Crippen LogP contribution in [0.3, 0.4) is 0 Å². The van der Waals surface area contributed by atoms with Crippen molar-refractivity contribution >= 4 is 55.9 Å². The molecule has 0 unspecified atom stereocenters. The van der Waals surface area contributed by atoms with Crippen LogP contribution in [0, 0.1) is 5.92 Å². The summed E-state index contributed by atoms with van der Waals surface area (Å²) in [5.41, 5.74) is 4.24. The number of hydrogen-bond acceptors (Lipinski definition) is 4. The molecule has 0 saturated heterocycles. The molecule has 0 atom stereocenters. The zero-order chi connectivity index (χ0) is 24.0. The van der Waals surface area contributed by atoms with Gasteiger partial charge in [-0.15, -0.1) is 23.4 Å². The highest BCUT2D eigenvalue weighted by atomic mass is 79.9. The summed E-state index contributed by atoms with van der Waals surface area (Å²) in [4.78, 5) is 5.12. The van der Waals surface area contributed by atoms with Crippen LogP contribution >= 0.6 is 50.9 Å². The van der Waals surface area contributed by atoms with Crippen molar-refractivity contribution in [1.29, 1.82) is 0 Å². The van der Waals surface area contributed by atoms with Crippen molar-refractivity contribution in [1.82, 2.24) is 9.55 Å². The topological polar surface area (TPSA) is 56.2 Å². The second-order valence-electron chi connectivity index (χ2n) is 8.10. The van der Waals surface area contributed by atoms with Crippen LogP contribution in [0.1, 0.15) is 50.4 Å². The van der Waals surface area contributed by atoms with Crippen molar-refractivity contribution in [3.8, 4) is 17.1 Å². The fourth-order valence-corrected chi connectivity index (χ4v) is 5.44. The maximum atomic E-state index is 6.60. The third kappa shape index (κ3) is 5.97. The average molecular weight is 568 g/mol. The van der Waals surface area contributed by atoms with Crippen LogP contribution in [0.5, 0.6) is 0 Å². The average Bonchev–Trinajstić information content (AvgIpc) is 3.17. The molecule has 4 nitrogen and oxygen atoms in total. The van der Waals surface area contributed by atoms with E-state index in [1.807, 2.05) is 24.3 Å². The Hall–Kier alpha value is -1.47. The van der Waals surface area contributed by atoms with E-state index >= 15 is 0 Å². The van der Waals surface area contributed by atoms with Gasteiger partial charge in [-0.2, -0.15) is 5.10 Å². The molecule has 8 heteroatoms. The highest BCUT2D eigenvalue weighted by Gasteiger charge is 2.27. The van der Waals surface area contributed by atoms with Gasteiger partial charge in [-0.05, 0) is 55.2 Å². The molecule has 0 spiro atoms. The molecule has 1 heterocycles. The summed E-state index contributed by atoms with van der Waals surface area (Å²) in [6, 6.07) is 16.2. The van der Waals surface area contributed by atoms with Crippen molar-refractivity contribution in [2.24, 2.45) is 16.9 Å². The maximum Gasteiger partial charge on any atom is 0.146 e. The minimum Gasteiger partial charge on any atom is -0.323 e. The van der Waals surface area contributed by atoms with Crippen molar-refractivity contribution in [3.63, 3.8) is 0 Å². The molecule has 33 heavy (non-hydrogen) atoms. The fraction of sp³-hybridized carbons (Fsp3) is 0.360. The molecule has 1 aliphatic carbocycles. The normalized spacial score (nSPS) is 14.1. The molecule has 1 saturated carbocycles.